The first-order valence-corrected chi connectivity index (χ1v) is 27.3. The zero-order chi connectivity index (χ0) is 49.4. The van der Waals surface area contributed by atoms with Gasteiger partial charge in [-0.15, -0.1) is 0 Å². The molecule has 1 aliphatic heterocycles. The van der Waals surface area contributed by atoms with Crippen molar-refractivity contribution >= 4 is 87.5 Å². The van der Waals surface area contributed by atoms with E-state index in [2.05, 4.69) is 40.3 Å². The van der Waals surface area contributed by atoms with Gasteiger partial charge in [-0.3, -0.25) is 28.2 Å². The molecule has 368 valence electrons. The molecule has 0 atom stereocenters. The van der Waals surface area contributed by atoms with Crippen molar-refractivity contribution in [3.8, 4) is 0 Å². The van der Waals surface area contributed by atoms with E-state index >= 15 is 0 Å². The largest absolute Gasteiger partial charge is 0.481 e. The van der Waals surface area contributed by atoms with Crippen LogP contribution in [0.4, 0.5) is 10.3 Å². The number of hydrogen-bond donors (Lipinski definition) is 3. The average Bonchev–Trinajstić information content (AvgIpc) is 4.23. The van der Waals surface area contributed by atoms with Crippen LogP contribution in [0.1, 0.15) is 71.9 Å². The lowest BCUT2D eigenvalue weighted by atomic mass is 9.88. The standard InChI is InChI=1S/C23H21N5O5S2.C20H18N4O4S2.C4H6O2/c29-21(15-4-5-15)27-9-8-14-2-1-3-16(18(14)12-27)11-28-19-7-6-17(10-20(19)33-23(28)30)35(31,32)26-22-24-13-25-34-22;25-20-24(11-14-6-3-5-13-4-1-2-7-16(13)14)17-9-8-15(10-18(17)28-20)30(26,27)23-19-21-12-22-29-19;5-4(6)3-1-2-3/h1-3,6-7,10,13,15H,4-5,8-9,11-12H2,(H,24,25,26);3,5-6,8-10,12H,1-2,4,7,11H2,(H,21,22,23);3H,1-2H2,(H,5,6). The van der Waals surface area contributed by atoms with Crippen LogP contribution in [0.3, 0.4) is 0 Å². The lowest BCUT2D eigenvalue weighted by Gasteiger charge is -2.30. The third-order valence-electron chi connectivity index (χ3n) is 12.8. The fourth-order valence-corrected chi connectivity index (χ4v) is 12.1. The minimum absolute atomic E-state index is 0.0109. The molecule has 3 N–H and O–H groups in total. The number of amides is 1. The van der Waals surface area contributed by atoms with E-state index in [0.717, 1.165) is 91.1 Å². The Morgan fingerprint density at radius 2 is 1.17 bits per heavy atom. The van der Waals surface area contributed by atoms with Crippen molar-refractivity contribution in [2.24, 2.45) is 11.8 Å². The Kier molecular flexibility index (Phi) is 13.2. The fraction of sp³-hybridized carbons (Fsp3) is 0.319. The quantitative estimate of drug-likeness (QED) is 0.122. The molecule has 0 radical (unpaired) electrons. The molecular weight excluding hydrogens is 995 g/mol. The van der Waals surface area contributed by atoms with E-state index in [4.69, 9.17) is 13.9 Å². The normalized spacial score (nSPS) is 15.5. The SMILES string of the molecule is O=C(C1CC1)N1CCc2cccc(Cn3c(=O)oc4cc(S(=O)(=O)Nc5ncns5)ccc43)c2C1.O=C(O)C1CC1.O=c1oc2cc(S(=O)(=O)Nc3ncns3)ccc2n1Cc1cccc2c1CCCC2. The molecule has 71 heavy (non-hydrogen) atoms. The molecule has 1 amide bonds. The van der Waals surface area contributed by atoms with Gasteiger partial charge in [-0.25, -0.2) is 36.4 Å². The lowest BCUT2D eigenvalue weighted by molar-refractivity contribution is -0.138. The number of fused-ring (bicyclic) bond motifs is 4. The predicted octanol–water partition coefficient (Wildman–Crippen LogP) is 6.24. The molecule has 20 nitrogen and oxygen atoms in total. The van der Waals surface area contributed by atoms with Crippen LogP contribution >= 0.6 is 23.1 Å². The maximum Gasteiger partial charge on any atom is 0.420 e. The monoisotopic (exact) mass is 1040 g/mol. The van der Waals surface area contributed by atoms with Crippen LogP contribution in [0.2, 0.25) is 0 Å². The van der Waals surface area contributed by atoms with Crippen molar-refractivity contribution in [2.75, 3.05) is 16.0 Å². The molecule has 8 aromatic rings. The number of benzene rings is 4. The molecule has 0 saturated heterocycles. The summed E-state index contributed by atoms with van der Waals surface area (Å²) in [6.07, 6.45) is 11.4. The highest BCUT2D eigenvalue weighted by Crippen LogP contribution is 2.34. The molecule has 12 rings (SSSR count). The Hall–Kier alpha value is -7.02. The van der Waals surface area contributed by atoms with Crippen molar-refractivity contribution in [1.29, 1.82) is 0 Å². The summed E-state index contributed by atoms with van der Waals surface area (Å²) < 4.78 is 76.7. The molecule has 3 aliphatic carbocycles. The molecular formula is C47H45N9O11S4. The number of aliphatic carboxylic acids is 1. The fourth-order valence-electron chi connectivity index (χ4n) is 8.77. The third kappa shape index (κ3) is 10.6. The summed E-state index contributed by atoms with van der Waals surface area (Å²) in [6.45, 7) is 1.90. The number of aryl methyl sites for hydroxylation is 1. The van der Waals surface area contributed by atoms with Gasteiger partial charge in [0.25, 0.3) is 20.0 Å². The Morgan fingerprint density at radius 3 is 1.65 bits per heavy atom. The van der Waals surface area contributed by atoms with Gasteiger partial charge in [0.05, 0.1) is 39.8 Å². The van der Waals surface area contributed by atoms with Crippen molar-refractivity contribution in [1.82, 2.24) is 32.7 Å². The van der Waals surface area contributed by atoms with E-state index in [1.54, 1.807) is 16.7 Å². The smallest absolute Gasteiger partial charge is 0.420 e. The van der Waals surface area contributed by atoms with Gasteiger partial charge in [-0.2, -0.15) is 8.75 Å². The van der Waals surface area contributed by atoms with Crippen molar-refractivity contribution in [3.05, 3.63) is 140 Å². The van der Waals surface area contributed by atoms with Crippen LogP contribution < -0.4 is 21.0 Å². The van der Waals surface area contributed by atoms with Gasteiger partial charge in [0.2, 0.25) is 16.2 Å². The van der Waals surface area contributed by atoms with Gasteiger partial charge in [0.1, 0.15) is 12.7 Å². The number of nitrogens with zero attached hydrogens (tertiary/aromatic N) is 7. The van der Waals surface area contributed by atoms with Crippen molar-refractivity contribution in [3.63, 3.8) is 0 Å². The number of rotatable bonds is 12. The van der Waals surface area contributed by atoms with E-state index in [9.17, 15) is 36.0 Å². The molecule has 0 spiro atoms. The first-order chi connectivity index (χ1) is 34.2. The number of carboxylic acid groups (broad SMARTS) is 1. The van der Waals surface area contributed by atoms with Gasteiger partial charge >= 0.3 is 17.5 Å². The molecule has 4 aromatic carbocycles. The molecule has 4 aromatic heterocycles. The highest BCUT2D eigenvalue weighted by molar-refractivity contribution is 7.93. The average molecular weight is 1040 g/mol. The van der Waals surface area contributed by atoms with Crippen molar-refractivity contribution < 1.29 is 40.4 Å². The van der Waals surface area contributed by atoms with Gasteiger partial charge in [0, 0.05) is 54.2 Å². The van der Waals surface area contributed by atoms with Crippen molar-refractivity contribution in [2.45, 2.75) is 87.2 Å². The molecule has 0 bridgehead atoms. The number of nitrogens with one attached hydrogen (secondary N) is 2. The highest BCUT2D eigenvalue weighted by Gasteiger charge is 2.35. The second kappa shape index (κ2) is 19.6. The van der Waals surface area contributed by atoms with Gasteiger partial charge in [-0.1, -0.05) is 36.4 Å². The van der Waals surface area contributed by atoms with E-state index in [1.807, 2.05) is 29.2 Å². The number of oxazole rings is 2. The second-order valence-electron chi connectivity index (χ2n) is 17.6. The van der Waals surface area contributed by atoms with E-state index in [1.165, 1.54) is 64.6 Å². The van der Waals surface area contributed by atoms with Crippen LogP contribution in [0, 0.1) is 11.8 Å². The summed E-state index contributed by atoms with van der Waals surface area (Å²) in [7, 11) is -7.78. The summed E-state index contributed by atoms with van der Waals surface area (Å²) in [5.74, 6) is -1.32. The molecule has 4 aliphatic rings. The summed E-state index contributed by atoms with van der Waals surface area (Å²) in [5, 5.41) is 8.37. The van der Waals surface area contributed by atoms with E-state index < -0.39 is 37.5 Å². The number of carbonyl (C=O) groups is 2. The molecule has 24 heteroatoms. The number of aromatic nitrogens is 6. The minimum atomic E-state index is -3.92. The summed E-state index contributed by atoms with van der Waals surface area (Å²) in [5.41, 5.74) is 8.39. The predicted molar refractivity (Wildman–Crippen MR) is 262 cm³/mol. The Balaban J connectivity index is 0.000000148. The maximum absolute atomic E-state index is 12.7. The minimum Gasteiger partial charge on any atom is -0.481 e. The number of hydrogen-bond acceptors (Lipinski definition) is 16. The van der Waals surface area contributed by atoms with Crippen LogP contribution in [0.5, 0.6) is 0 Å². The molecule has 5 heterocycles. The second-order valence-corrected chi connectivity index (χ2v) is 22.5. The number of anilines is 2. The summed E-state index contributed by atoms with van der Waals surface area (Å²) in [6, 6.07) is 20.9. The van der Waals surface area contributed by atoms with Crippen LogP contribution in [-0.2, 0) is 68.5 Å². The number of carbonyl (C=O) groups excluding carboxylic acids is 1. The molecule has 2 saturated carbocycles. The lowest BCUT2D eigenvalue weighted by Crippen LogP contribution is -2.37. The first-order valence-electron chi connectivity index (χ1n) is 22.8. The maximum atomic E-state index is 12.7. The number of carboxylic acids is 1. The topological polar surface area (TPSA) is 272 Å². The van der Waals surface area contributed by atoms with Crippen LogP contribution in [-0.4, -0.2) is 73.1 Å². The summed E-state index contributed by atoms with van der Waals surface area (Å²) >= 11 is 1.86. The summed E-state index contributed by atoms with van der Waals surface area (Å²) in [4.78, 5) is 57.2. The number of sulfonamides is 2. The first kappa shape index (κ1) is 47.6. The Bertz CT molecular complexity index is 3650. The van der Waals surface area contributed by atoms with Gasteiger partial charge < -0.3 is 18.8 Å². The molecule has 2 fully saturated rings. The van der Waals surface area contributed by atoms with Gasteiger partial charge in [-0.05, 0) is 115 Å². The van der Waals surface area contributed by atoms with E-state index in [-0.39, 0.29) is 55.5 Å². The van der Waals surface area contributed by atoms with Gasteiger partial charge in [0.15, 0.2) is 11.2 Å². The highest BCUT2D eigenvalue weighted by atomic mass is 32.2. The Morgan fingerprint density at radius 1 is 0.662 bits per heavy atom. The van der Waals surface area contributed by atoms with E-state index in [0.29, 0.717) is 30.7 Å². The Labute approximate surface area is 413 Å². The third-order valence-corrected chi connectivity index (χ3v) is 16.8. The van der Waals surface area contributed by atoms with Crippen LogP contribution in [0.25, 0.3) is 22.2 Å². The van der Waals surface area contributed by atoms with Crippen LogP contribution in [0.15, 0.2) is 114 Å². The zero-order valence-electron chi connectivity index (χ0n) is 37.7. The zero-order valence-corrected chi connectivity index (χ0v) is 41.0. The molecule has 0 unspecified atom stereocenters.